The number of hydrogen-bond acceptors (Lipinski definition) is 5. The fraction of sp³-hybridized carbons (Fsp3) is 0.227. The number of benzene rings is 2. The zero-order valence-electron chi connectivity index (χ0n) is 16.0. The second-order valence-electron chi connectivity index (χ2n) is 5.88. The molecule has 0 atom stereocenters. The zero-order chi connectivity index (χ0) is 21.1. The zero-order valence-corrected chi connectivity index (χ0v) is 17.6. The number of carbonyl (C=O) groups excluding carboxylic acids is 2. The van der Waals surface area contributed by atoms with Gasteiger partial charge in [-0.15, -0.1) is 0 Å². The maximum atomic E-state index is 12.6. The van der Waals surface area contributed by atoms with E-state index in [1.807, 2.05) is 37.3 Å². The highest BCUT2D eigenvalue weighted by Crippen LogP contribution is 2.20. The van der Waals surface area contributed by atoms with Crippen molar-refractivity contribution in [1.29, 1.82) is 5.26 Å². The molecule has 2 aromatic rings. The predicted octanol–water partition coefficient (Wildman–Crippen LogP) is 4.35. The summed E-state index contributed by atoms with van der Waals surface area (Å²) in [6.07, 6.45) is 3.04. The summed E-state index contributed by atoms with van der Waals surface area (Å²) in [7, 11) is 0. The molecule has 0 aromatic heterocycles. The van der Waals surface area contributed by atoms with Crippen LogP contribution in [0, 0.1) is 11.3 Å². The lowest BCUT2D eigenvalue weighted by Gasteiger charge is -2.21. The van der Waals surface area contributed by atoms with Crippen molar-refractivity contribution in [2.75, 3.05) is 24.7 Å². The first kappa shape index (κ1) is 22.2. The van der Waals surface area contributed by atoms with Gasteiger partial charge in [0.1, 0.15) is 5.75 Å². The van der Waals surface area contributed by atoms with Crippen LogP contribution < -0.4 is 9.64 Å². The molecule has 0 aliphatic rings. The molecule has 2 aromatic carbocycles. The SMILES string of the molecule is CCOc1ccc(N(CCC#N)C(=O)COC(=O)/C=C/c2cccc(Br)c2)cc1. The van der Waals surface area contributed by atoms with E-state index in [1.54, 1.807) is 30.3 Å². The number of nitriles is 1. The molecule has 0 bridgehead atoms. The molecule has 0 saturated heterocycles. The molecule has 0 aliphatic carbocycles. The summed E-state index contributed by atoms with van der Waals surface area (Å²) in [5.41, 5.74) is 1.43. The maximum Gasteiger partial charge on any atom is 0.331 e. The van der Waals surface area contributed by atoms with Crippen molar-refractivity contribution in [3.8, 4) is 11.8 Å². The fourth-order valence-electron chi connectivity index (χ4n) is 2.48. The van der Waals surface area contributed by atoms with Crippen molar-refractivity contribution in [3.05, 3.63) is 64.6 Å². The van der Waals surface area contributed by atoms with E-state index in [-0.39, 0.29) is 13.0 Å². The van der Waals surface area contributed by atoms with Gasteiger partial charge < -0.3 is 14.4 Å². The number of hydrogen-bond donors (Lipinski definition) is 0. The van der Waals surface area contributed by atoms with E-state index < -0.39 is 18.5 Å². The first-order valence-corrected chi connectivity index (χ1v) is 9.83. The summed E-state index contributed by atoms with van der Waals surface area (Å²) in [5, 5.41) is 8.87. The van der Waals surface area contributed by atoms with Crippen molar-refractivity contribution in [3.63, 3.8) is 0 Å². The molecule has 0 fully saturated rings. The van der Waals surface area contributed by atoms with Crippen LogP contribution in [0.15, 0.2) is 59.1 Å². The molecule has 7 heteroatoms. The molecule has 2 rings (SSSR count). The van der Waals surface area contributed by atoms with Crippen LogP contribution in [0.3, 0.4) is 0 Å². The lowest BCUT2D eigenvalue weighted by molar-refractivity contribution is -0.142. The largest absolute Gasteiger partial charge is 0.494 e. The Morgan fingerprint density at radius 1 is 1.21 bits per heavy atom. The monoisotopic (exact) mass is 456 g/mol. The standard InChI is InChI=1S/C22H21BrN2O4/c1-2-28-20-10-8-19(9-11-20)25(14-4-13-24)21(26)16-29-22(27)12-7-17-5-3-6-18(23)15-17/h3,5-12,15H,2,4,14,16H2,1H3/b12-7+. The van der Waals surface area contributed by atoms with E-state index in [4.69, 9.17) is 14.7 Å². The average Bonchev–Trinajstić information content (AvgIpc) is 2.72. The third-order valence-electron chi connectivity index (χ3n) is 3.81. The number of esters is 1. The van der Waals surface area contributed by atoms with Gasteiger partial charge in [0, 0.05) is 22.8 Å². The molecule has 0 radical (unpaired) electrons. The van der Waals surface area contributed by atoms with Gasteiger partial charge in [0.15, 0.2) is 6.61 Å². The molecule has 150 valence electrons. The average molecular weight is 457 g/mol. The predicted molar refractivity (Wildman–Crippen MR) is 114 cm³/mol. The molecule has 0 heterocycles. The summed E-state index contributed by atoms with van der Waals surface area (Å²) in [4.78, 5) is 25.9. The summed E-state index contributed by atoms with van der Waals surface area (Å²) in [5.74, 6) is -0.341. The van der Waals surface area contributed by atoms with Crippen LogP contribution in [0.25, 0.3) is 6.08 Å². The summed E-state index contributed by atoms with van der Waals surface area (Å²) < 4.78 is 11.4. The van der Waals surface area contributed by atoms with Gasteiger partial charge in [0.25, 0.3) is 5.91 Å². The van der Waals surface area contributed by atoms with E-state index in [2.05, 4.69) is 15.9 Å². The van der Waals surface area contributed by atoms with Gasteiger partial charge in [-0.1, -0.05) is 28.1 Å². The first-order valence-electron chi connectivity index (χ1n) is 9.04. The summed E-state index contributed by atoms with van der Waals surface area (Å²) >= 11 is 3.36. The second-order valence-corrected chi connectivity index (χ2v) is 6.79. The number of rotatable bonds is 9. The minimum absolute atomic E-state index is 0.162. The van der Waals surface area contributed by atoms with Gasteiger partial charge in [0.05, 0.1) is 19.1 Å². The third-order valence-corrected chi connectivity index (χ3v) is 4.30. The molecule has 0 spiro atoms. The van der Waals surface area contributed by atoms with Crippen LogP contribution in [0.5, 0.6) is 5.75 Å². The molecule has 0 saturated carbocycles. The Bertz CT molecular complexity index is 904. The number of carbonyl (C=O) groups is 2. The molecule has 6 nitrogen and oxygen atoms in total. The lowest BCUT2D eigenvalue weighted by atomic mass is 10.2. The van der Waals surface area contributed by atoms with Crippen LogP contribution in [-0.4, -0.2) is 31.6 Å². The molecule has 0 unspecified atom stereocenters. The number of anilines is 1. The highest BCUT2D eigenvalue weighted by molar-refractivity contribution is 9.10. The molecule has 0 aliphatic heterocycles. The minimum atomic E-state index is -0.620. The fourth-order valence-corrected chi connectivity index (χ4v) is 2.90. The number of ether oxygens (including phenoxy) is 2. The minimum Gasteiger partial charge on any atom is -0.494 e. The molecular formula is C22H21BrN2O4. The summed E-state index contributed by atoms with van der Waals surface area (Å²) in [6, 6.07) is 16.4. The van der Waals surface area contributed by atoms with Crippen molar-refractivity contribution >= 4 is 39.6 Å². The smallest absolute Gasteiger partial charge is 0.331 e. The van der Waals surface area contributed by atoms with E-state index in [0.717, 1.165) is 10.0 Å². The third kappa shape index (κ3) is 7.43. The van der Waals surface area contributed by atoms with Crippen molar-refractivity contribution in [2.24, 2.45) is 0 Å². The van der Waals surface area contributed by atoms with Crippen LogP contribution in [0.1, 0.15) is 18.9 Å². The molecule has 29 heavy (non-hydrogen) atoms. The van der Waals surface area contributed by atoms with E-state index in [1.165, 1.54) is 11.0 Å². The van der Waals surface area contributed by atoms with Crippen molar-refractivity contribution in [2.45, 2.75) is 13.3 Å². The van der Waals surface area contributed by atoms with E-state index in [9.17, 15) is 9.59 Å². The van der Waals surface area contributed by atoms with Gasteiger partial charge in [-0.05, 0) is 55.0 Å². The van der Waals surface area contributed by atoms with Gasteiger partial charge in [-0.2, -0.15) is 5.26 Å². The van der Waals surface area contributed by atoms with Gasteiger partial charge in [-0.3, -0.25) is 4.79 Å². The van der Waals surface area contributed by atoms with E-state index >= 15 is 0 Å². The lowest BCUT2D eigenvalue weighted by Crippen LogP contribution is -2.35. The molecule has 1 amide bonds. The highest BCUT2D eigenvalue weighted by atomic mass is 79.9. The Balaban J connectivity index is 1.98. The Morgan fingerprint density at radius 2 is 1.97 bits per heavy atom. The van der Waals surface area contributed by atoms with Gasteiger partial charge in [-0.25, -0.2) is 4.79 Å². The Hall–Kier alpha value is -3.11. The highest BCUT2D eigenvalue weighted by Gasteiger charge is 2.17. The van der Waals surface area contributed by atoms with Crippen LogP contribution in [0.4, 0.5) is 5.69 Å². The van der Waals surface area contributed by atoms with Crippen LogP contribution >= 0.6 is 15.9 Å². The topological polar surface area (TPSA) is 79.6 Å². The van der Waals surface area contributed by atoms with Crippen molar-refractivity contribution < 1.29 is 19.1 Å². The Labute approximate surface area is 178 Å². The van der Waals surface area contributed by atoms with Crippen LogP contribution in [0.2, 0.25) is 0 Å². The van der Waals surface area contributed by atoms with Gasteiger partial charge in [0.2, 0.25) is 0 Å². The van der Waals surface area contributed by atoms with E-state index in [0.29, 0.717) is 18.0 Å². The quantitative estimate of drug-likeness (QED) is 0.413. The maximum absolute atomic E-state index is 12.6. The Kier molecular flexibility index (Phi) is 8.93. The summed E-state index contributed by atoms with van der Waals surface area (Å²) in [6.45, 7) is 2.21. The Morgan fingerprint density at radius 3 is 2.62 bits per heavy atom. The first-order chi connectivity index (χ1) is 14.0. The number of amides is 1. The normalized spacial score (nSPS) is 10.4. The number of nitrogens with zero attached hydrogens (tertiary/aromatic N) is 2. The van der Waals surface area contributed by atoms with Crippen molar-refractivity contribution in [1.82, 2.24) is 0 Å². The van der Waals surface area contributed by atoms with Gasteiger partial charge >= 0.3 is 5.97 Å². The number of halogens is 1. The molecule has 0 N–H and O–H groups in total. The molecular weight excluding hydrogens is 436 g/mol. The van der Waals surface area contributed by atoms with Crippen LogP contribution in [-0.2, 0) is 14.3 Å². The second kappa shape index (κ2) is 11.7.